The minimum Gasteiger partial charge on any atom is -0.432 e. The van der Waals surface area contributed by atoms with Crippen molar-refractivity contribution in [1.82, 2.24) is 0 Å². The maximum Gasteiger partial charge on any atom is 0.340 e. The maximum absolute atomic E-state index is 11.7. The van der Waals surface area contributed by atoms with E-state index in [1.54, 1.807) is 0 Å². The van der Waals surface area contributed by atoms with Crippen LogP contribution in [-0.2, 0) is 28.7 Å². The summed E-state index contributed by atoms with van der Waals surface area (Å²) in [6.45, 7) is 2.73. The molecule has 2 amide bonds. The highest BCUT2D eigenvalue weighted by Crippen LogP contribution is 2.14. The Morgan fingerprint density at radius 2 is 1.08 bits per heavy atom. The summed E-state index contributed by atoms with van der Waals surface area (Å²) in [6, 6.07) is 0. The molecule has 0 aliphatic carbocycles. The number of amides is 2. The van der Waals surface area contributed by atoms with Gasteiger partial charge in [0, 0.05) is 12.8 Å². The number of aliphatic hydroxyl groups excluding tert-OH is 2. The normalized spacial score (nSPS) is 18.4. The van der Waals surface area contributed by atoms with Crippen molar-refractivity contribution in [3.05, 3.63) is 0 Å². The van der Waals surface area contributed by atoms with Crippen molar-refractivity contribution in [2.75, 3.05) is 0 Å². The van der Waals surface area contributed by atoms with Crippen LogP contribution in [0.1, 0.15) is 26.7 Å². The number of aliphatic hydroxyl groups is 2. The van der Waals surface area contributed by atoms with E-state index in [2.05, 4.69) is 9.47 Å². The van der Waals surface area contributed by atoms with E-state index in [0.29, 0.717) is 0 Å². The van der Waals surface area contributed by atoms with Gasteiger partial charge in [0.05, 0.1) is 0 Å². The highest BCUT2D eigenvalue weighted by atomic mass is 16.6. The lowest BCUT2D eigenvalue weighted by Crippen LogP contribution is -2.59. The second-order valence-electron chi connectivity index (χ2n) is 4.95. The summed E-state index contributed by atoms with van der Waals surface area (Å²) in [6.07, 6.45) is -5.41. The molecule has 2 unspecified atom stereocenters. The van der Waals surface area contributed by atoms with Gasteiger partial charge in [0.25, 0.3) is 11.8 Å². The first-order valence-corrected chi connectivity index (χ1v) is 6.84. The lowest BCUT2D eigenvalue weighted by Gasteiger charge is -2.28. The maximum atomic E-state index is 11.7. The predicted molar refractivity (Wildman–Crippen MR) is 77.0 cm³/mol. The Bertz CT molecular complexity index is 481. The highest BCUT2D eigenvalue weighted by Gasteiger charge is 2.43. The first-order valence-electron chi connectivity index (χ1n) is 6.84. The van der Waals surface area contributed by atoms with Gasteiger partial charge in [-0.05, 0) is 0 Å². The molecule has 0 heterocycles. The summed E-state index contributed by atoms with van der Waals surface area (Å²) in [4.78, 5) is 45.6. The van der Waals surface area contributed by atoms with Gasteiger partial charge >= 0.3 is 11.9 Å². The minimum absolute atomic E-state index is 0.231. The third-order valence-electron chi connectivity index (χ3n) is 3.23. The van der Waals surface area contributed by atoms with Crippen LogP contribution < -0.4 is 22.9 Å². The Hall–Kier alpha value is -2.28. The van der Waals surface area contributed by atoms with Crippen molar-refractivity contribution in [3.8, 4) is 0 Å². The van der Waals surface area contributed by atoms with Gasteiger partial charge in [0.15, 0.2) is 12.2 Å². The van der Waals surface area contributed by atoms with E-state index in [1.807, 2.05) is 0 Å². The lowest BCUT2D eigenvalue weighted by molar-refractivity contribution is -0.191. The summed E-state index contributed by atoms with van der Waals surface area (Å²) in [5.74, 6) is -5.63. The molecule has 0 saturated heterocycles. The molecule has 0 spiro atoms. The molecular formula is C12H22N4O8. The van der Waals surface area contributed by atoms with Crippen LogP contribution in [0.25, 0.3) is 0 Å². The van der Waals surface area contributed by atoms with Gasteiger partial charge in [-0.15, -0.1) is 0 Å². The van der Waals surface area contributed by atoms with Crippen molar-refractivity contribution in [2.45, 2.75) is 50.3 Å². The SMILES string of the molecule is CC[C@@](N)(OC(=O)C(O)C(O)C(=O)O[C@](N)(CC)C(N)=O)C(N)=O. The van der Waals surface area contributed by atoms with Crippen LogP contribution in [0.3, 0.4) is 0 Å². The van der Waals surface area contributed by atoms with Gasteiger partial charge < -0.3 is 31.2 Å². The quantitative estimate of drug-likeness (QED) is 0.174. The fourth-order valence-electron chi connectivity index (χ4n) is 1.33. The molecule has 0 bridgehead atoms. The molecule has 12 nitrogen and oxygen atoms in total. The zero-order valence-electron chi connectivity index (χ0n) is 13.2. The second-order valence-corrected chi connectivity index (χ2v) is 4.95. The monoisotopic (exact) mass is 350 g/mol. The van der Waals surface area contributed by atoms with Crippen LogP contribution >= 0.6 is 0 Å². The van der Waals surface area contributed by atoms with E-state index in [1.165, 1.54) is 13.8 Å². The number of esters is 2. The van der Waals surface area contributed by atoms with E-state index in [9.17, 15) is 29.4 Å². The molecule has 0 saturated carbocycles. The van der Waals surface area contributed by atoms with E-state index in [-0.39, 0.29) is 12.8 Å². The standard InChI is InChI=1S/C12H22N4O8/c1-3-11(15,9(13)21)23-7(19)5(17)6(18)8(20)24-12(16,4-2)10(14)22/h5-6,17-18H,3-4,15-16H2,1-2H3,(H2,13,21)(H2,14,22)/t5?,6?,11-,12-/m1/s1. The third-order valence-corrected chi connectivity index (χ3v) is 3.23. The van der Waals surface area contributed by atoms with Gasteiger partial charge in [-0.1, -0.05) is 13.8 Å². The van der Waals surface area contributed by atoms with E-state index < -0.39 is 47.4 Å². The Morgan fingerprint density at radius 1 is 0.833 bits per heavy atom. The van der Waals surface area contributed by atoms with Crippen LogP contribution in [-0.4, -0.2) is 57.6 Å². The Labute approximate surface area is 137 Å². The molecule has 4 atom stereocenters. The average molecular weight is 350 g/mol. The molecule has 0 aromatic heterocycles. The van der Waals surface area contributed by atoms with Crippen LogP contribution in [0, 0.1) is 0 Å². The molecule has 12 heteroatoms. The molecule has 0 fully saturated rings. The van der Waals surface area contributed by atoms with Gasteiger partial charge in [-0.3, -0.25) is 21.1 Å². The van der Waals surface area contributed by atoms with E-state index in [0.717, 1.165) is 0 Å². The summed E-state index contributed by atoms with van der Waals surface area (Å²) in [7, 11) is 0. The predicted octanol–water partition coefficient (Wildman–Crippen LogP) is -4.10. The fourth-order valence-corrected chi connectivity index (χ4v) is 1.33. The number of ether oxygens (including phenoxy) is 2. The van der Waals surface area contributed by atoms with E-state index >= 15 is 0 Å². The van der Waals surface area contributed by atoms with Crippen LogP contribution in [0.2, 0.25) is 0 Å². The number of carbonyl (C=O) groups excluding carboxylic acids is 4. The van der Waals surface area contributed by atoms with Crippen molar-refractivity contribution in [2.24, 2.45) is 22.9 Å². The summed E-state index contributed by atoms with van der Waals surface area (Å²) in [5, 5.41) is 19.2. The summed E-state index contributed by atoms with van der Waals surface area (Å²) >= 11 is 0. The van der Waals surface area contributed by atoms with Gasteiger partial charge in [0.2, 0.25) is 11.4 Å². The van der Waals surface area contributed by atoms with E-state index in [4.69, 9.17) is 22.9 Å². The topological polar surface area (TPSA) is 231 Å². The largest absolute Gasteiger partial charge is 0.432 e. The molecule has 138 valence electrons. The molecule has 0 aliphatic heterocycles. The highest BCUT2D eigenvalue weighted by molar-refractivity contribution is 5.91. The summed E-state index contributed by atoms with van der Waals surface area (Å²) in [5.41, 5.74) is 16.3. The number of rotatable bonds is 9. The van der Waals surface area contributed by atoms with Crippen molar-refractivity contribution >= 4 is 23.8 Å². The molecule has 10 N–H and O–H groups in total. The average Bonchev–Trinajstić information content (AvgIpc) is 2.52. The smallest absolute Gasteiger partial charge is 0.340 e. The fraction of sp³-hybridized carbons (Fsp3) is 0.667. The van der Waals surface area contributed by atoms with Crippen LogP contribution in [0.5, 0.6) is 0 Å². The number of nitrogens with two attached hydrogens (primary N) is 4. The number of hydrogen-bond acceptors (Lipinski definition) is 10. The van der Waals surface area contributed by atoms with Gasteiger partial charge in [-0.25, -0.2) is 9.59 Å². The molecule has 0 rings (SSSR count). The Balaban J connectivity index is 5.07. The molecule has 0 aromatic carbocycles. The second kappa shape index (κ2) is 8.01. The zero-order valence-corrected chi connectivity index (χ0v) is 13.2. The third kappa shape index (κ3) is 4.86. The Morgan fingerprint density at radius 3 is 1.25 bits per heavy atom. The zero-order chi connectivity index (χ0) is 19.3. The molecule has 0 aliphatic rings. The molecular weight excluding hydrogens is 328 g/mol. The lowest BCUT2D eigenvalue weighted by atomic mass is 10.1. The number of primary amides is 2. The molecule has 24 heavy (non-hydrogen) atoms. The number of hydrogen-bond donors (Lipinski definition) is 6. The molecule has 0 radical (unpaired) electrons. The minimum atomic E-state index is -2.47. The first-order chi connectivity index (χ1) is 10.8. The number of carbonyl (C=O) groups is 4. The Kier molecular flexibility index (Phi) is 7.25. The van der Waals surface area contributed by atoms with Crippen LogP contribution in [0.15, 0.2) is 0 Å². The van der Waals surface area contributed by atoms with Gasteiger partial charge in [-0.2, -0.15) is 0 Å². The van der Waals surface area contributed by atoms with Crippen molar-refractivity contribution < 1.29 is 38.9 Å². The first kappa shape index (κ1) is 21.7. The van der Waals surface area contributed by atoms with Crippen molar-refractivity contribution in [3.63, 3.8) is 0 Å². The molecule has 0 aromatic rings. The van der Waals surface area contributed by atoms with Crippen LogP contribution in [0.4, 0.5) is 0 Å². The van der Waals surface area contributed by atoms with Gasteiger partial charge in [0.1, 0.15) is 0 Å². The van der Waals surface area contributed by atoms with Crippen molar-refractivity contribution in [1.29, 1.82) is 0 Å². The summed E-state index contributed by atoms with van der Waals surface area (Å²) < 4.78 is 9.02.